The van der Waals surface area contributed by atoms with Crippen LogP contribution in [0.3, 0.4) is 0 Å². The van der Waals surface area contributed by atoms with Gasteiger partial charge in [-0.05, 0) is 58.9 Å². The second-order valence-electron chi connectivity index (χ2n) is 11.7. The Hall–Kier alpha value is -1.83. The summed E-state index contributed by atoms with van der Waals surface area (Å²) in [5, 5.41) is 15.2. The van der Waals surface area contributed by atoms with Crippen molar-refractivity contribution in [2.45, 2.75) is 122 Å². The molecule has 0 bridgehead atoms. The van der Waals surface area contributed by atoms with Crippen molar-refractivity contribution >= 4 is 17.0 Å². The molecule has 36 heavy (non-hydrogen) atoms. The molecule has 1 saturated heterocycles. The first kappa shape index (κ1) is 25.8. The van der Waals surface area contributed by atoms with Crippen LogP contribution in [0.4, 0.5) is 0 Å². The summed E-state index contributed by atoms with van der Waals surface area (Å²) in [6.07, 6.45) is 12.3. The summed E-state index contributed by atoms with van der Waals surface area (Å²) in [5.41, 5.74) is 1.64. The molecule has 1 amide bonds. The average Bonchev–Trinajstić information content (AvgIpc) is 3.26. The van der Waals surface area contributed by atoms with E-state index in [0.29, 0.717) is 30.9 Å². The Labute approximate surface area is 216 Å². The third-order valence-corrected chi connectivity index (χ3v) is 9.16. The maximum Gasteiger partial charge on any atom is 0.271 e. The zero-order valence-electron chi connectivity index (χ0n) is 22.6. The molecule has 200 valence electrons. The lowest BCUT2D eigenvalue weighted by molar-refractivity contribution is -0.0516. The van der Waals surface area contributed by atoms with E-state index in [-0.39, 0.29) is 5.91 Å². The van der Waals surface area contributed by atoms with Gasteiger partial charge in [0.2, 0.25) is 0 Å². The fourth-order valence-corrected chi connectivity index (χ4v) is 6.98. The Kier molecular flexibility index (Phi) is 7.80. The van der Waals surface area contributed by atoms with Gasteiger partial charge in [-0.2, -0.15) is 0 Å². The highest BCUT2D eigenvalue weighted by Gasteiger charge is 2.47. The number of piperidine rings is 1. The van der Waals surface area contributed by atoms with Gasteiger partial charge in [0.05, 0.1) is 17.6 Å². The lowest BCUT2D eigenvalue weighted by Crippen LogP contribution is -2.67. The standard InChI is InChI=1S/C29H46N4O3/c1-4-23-14-9-10-15-31(23)16-11-17-33-27(34)25-19-26-24(18-21(2)36-26)32(25)20-29(33,3)28(35)30-22-12-7-5-6-8-13-22/h18-19,22-23,28,30,35H,4-17,20H2,1-3H3. The Morgan fingerprint density at radius 2 is 1.86 bits per heavy atom. The SMILES string of the molecule is CCC1CCCCN1CCCN1C(=O)c2cc3oc(C)cc3n2CC1(C)C(O)NC1CCCCCC1. The van der Waals surface area contributed by atoms with Gasteiger partial charge in [0.1, 0.15) is 17.7 Å². The van der Waals surface area contributed by atoms with Crippen LogP contribution in [0.2, 0.25) is 0 Å². The van der Waals surface area contributed by atoms with Crippen molar-refractivity contribution in [3.05, 3.63) is 23.6 Å². The first-order valence-electron chi connectivity index (χ1n) is 14.5. The van der Waals surface area contributed by atoms with Crippen molar-refractivity contribution < 1.29 is 14.3 Å². The highest BCUT2D eigenvalue weighted by atomic mass is 16.3. The predicted octanol–water partition coefficient (Wildman–Crippen LogP) is 5.04. The molecule has 2 aliphatic heterocycles. The maximum absolute atomic E-state index is 14.0. The largest absolute Gasteiger partial charge is 0.460 e. The fourth-order valence-electron chi connectivity index (χ4n) is 6.98. The molecule has 1 saturated carbocycles. The number of hydrogen-bond acceptors (Lipinski definition) is 5. The normalized spacial score (nSPS) is 27.4. The molecule has 2 aromatic rings. The van der Waals surface area contributed by atoms with Crippen molar-refractivity contribution in [2.75, 3.05) is 19.6 Å². The van der Waals surface area contributed by atoms with E-state index >= 15 is 0 Å². The molecule has 3 aliphatic rings. The summed E-state index contributed by atoms with van der Waals surface area (Å²) >= 11 is 0. The molecule has 2 fully saturated rings. The van der Waals surface area contributed by atoms with Crippen LogP contribution < -0.4 is 5.32 Å². The smallest absolute Gasteiger partial charge is 0.271 e. The summed E-state index contributed by atoms with van der Waals surface area (Å²) in [6.45, 7) is 9.67. The molecule has 5 rings (SSSR count). The second-order valence-corrected chi connectivity index (χ2v) is 11.7. The van der Waals surface area contributed by atoms with E-state index in [0.717, 1.165) is 49.2 Å². The van der Waals surface area contributed by atoms with E-state index in [1.54, 1.807) is 0 Å². The number of aryl methyl sites for hydroxylation is 1. The molecule has 1 aliphatic carbocycles. The number of likely N-dealkylation sites (tertiary alicyclic amines) is 1. The number of amides is 1. The van der Waals surface area contributed by atoms with Crippen molar-refractivity contribution in [1.29, 1.82) is 0 Å². The zero-order valence-corrected chi connectivity index (χ0v) is 22.6. The highest BCUT2D eigenvalue weighted by Crippen LogP contribution is 2.35. The van der Waals surface area contributed by atoms with Gasteiger partial charge in [-0.15, -0.1) is 0 Å². The van der Waals surface area contributed by atoms with Gasteiger partial charge in [-0.3, -0.25) is 10.1 Å². The Balaban J connectivity index is 1.38. The summed E-state index contributed by atoms with van der Waals surface area (Å²) < 4.78 is 7.95. The van der Waals surface area contributed by atoms with Crippen LogP contribution in [0, 0.1) is 6.92 Å². The lowest BCUT2D eigenvalue weighted by atomic mass is 9.92. The molecule has 7 nitrogen and oxygen atoms in total. The molecule has 7 heteroatoms. The number of rotatable bonds is 8. The summed E-state index contributed by atoms with van der Waals surface area (Å²) in [5.74, 6) is 0.844. The minimum absolute atomic E-state index is 0.000190. The number of fused-ring (bicyclic) bond motifs is 3. The first-order chi connectivity index (χ1) is 17.4. The van der Waals surface area contributed by atoms with Gasteiger partial charge in [-0.25, -0.2) is 0 Å². The fraction of sp³-hybridized carbons (Fsp3) is 0.759. The molecule has 0 radical (unpaired) electrons. The molecule has 3 unspecified atom stereocenters. The molecule has 0 aromatic carbocycles. The molecule has 2 aromatic heterocycles. The van der Waals surface area contributed by atoms with E-state index in [4.69, 9.17) is 4.42 Å². The van der Waals surface area contributed by atoms with Crippen LogP contribution in [0.5, 0.6) is 0 Å². The van der Waals surface area contributed by atoms with Crippen LogP contribution in [0.25, 0.3) is 11.1 Å². The summed E-state index contributed by atoms with van der Waals surface area (Å²) in [4.78, 5) is 18.5. The molecule has 0 spiro atoms. The Morgan fingerprint density at radius 1 is 1.11 bits per heavy atom. The molecule has 2 N–H and O–H groups in total. The van der Waals surface area contributed by atoms with Crippen LogP contribution in [-0.4, -0.2) is 68.9 Å². The van der Waals surface area contributed by atoms with Crippen molar-refractivity contribution in [1.82, 2.24) is 19.7 Å². The third kappa shape index (κ3) is 4.99. The third-order valence-electron chi connectivity index (χ3n) is 9.16. The number of furan rings is 1. The van der Waals surface area contributed by atoms with Crippen molar-refractivity contribution in [3.63, 3.8) is 0 Å². The van der Waals surface area contributed by atoms with Crippen molar-refractivity contribution in [2.24, 2.45) is 0 Å². The van der Waals surface area contributed by atoms with Crippen LogP contribution >= 0.6 is 0 Å². The van der Waals surface area contributed by atoms with Gasteiger partial charge >= 0.3 is 0 Å². The van der Waals surface area contributed by atoms with Gasteiger partial charge in [-0.1, -0.05) is 39.0 Å². The zero-order chi connectivity index (χ0) is 25.3. The van der Waals surface area contributed by atoms with E-state index in [1.165, 1.54) is 51.4 Å². The number of aromatic nitrogens is 1. The number of hydrogen-bond donors (Lipinski definition) is 2. The lowest BCUT2D eigenvalue weighted by Gasteiger charge is -2.49. The van der Waals surface area contributed by atoms with Gasteiger partial charge in [0.25, 0.3) is 5.91 Å². The minimum Gasteiger partial charge on any atom is -0.460 e. The number of carbonyl (C=O) groups is 1. The highest BCUT2D eigenvalue weighted by molar-refractivity contribution is 5.99. The molecule has 3 atom stereocenters. The van der Waals surface area contributed by atoms with Gasteiger partial charge in [0, 0.05) is 37.3 Å². The predicted molar refractivity (Wildman–Crippen MR) is 143 cm³/mol. The van der Waals surface area contributed by atoms with Gasteiger partial charge in [0.15, 0.2) is 5.58 Å². The first-order valence-corrected chi connectivity index (χ1v) is 14.5. The number of nitrogens with one attached hydrogen (secondary N) is 1. The average molecular weight is 499 g/mol. The number of aliphatic hydroxyl groups is 1. The van der Waals surface area contributed by atoms with E-state index in [1.807, 2.05) is 24.0 Å². The number of nitrogens with zero attached hydrogens (tertiary/aromatic N) is 3. The molecular weight excluding hydrogens is 452 g/mol. The quantitative estimate of drug-likeness (QED) is 0.394. The van der Waals surface area contributed by atoms with Crippen molar-refractivity contribution in [3.8, 4) is 0 Å². The number of carbonyl (C=O) groups excluding carboxylic acids is 1. The minimum atomic E-state index is -0.790. The molecule has 4 heterocycles. The summed E-state index contributed by atoms with van der Waals surface area (Å²) in [6, 6.07) is 4.86. The summed E-state index contributed by atoms with van der Waals surface area (Å²) in [7, 11) is 0. The van der Waals surface area contributed by atoms with E-state index < -0.39 is 11.8 Å². The second kappa shape index (κ2) is 10.9. The van der Waals surface area contributed by atoms with Crippen LogP contribution in [0.15, 0.2) is 16.5 Å². The Bertz CT molecular complexity index is 1040. The maximum atomic E-state index is 14.0. The van der Waals surface area contributed by atoms with Crippen LogP contribution in [-0.2, 0) is 6.54 Å². The van der Waals surface area contributed by atoms with Crippen LogP contribution in [0.1, 0.15) is 101 Å². The molecular formula is C29H46N4O3. The topological polar surface area (TPSA) is 73.9 Å². The van der Waals surface area contributed by atoms with E-state index in [9.17, 15) is 9.90 Å². The van der Waals surface area contributed by atoms with Gasteiger partial charge < -0.3 is 23.9 Å². The van der Waals surface area contributed by atoms with E-state index in [2.05, 4.69) is 28.6 Å². The number of aliphatic hydroxyl groups excluding tert-OH is 1. The Morgan fingerprint density at radius 3 is 2.61 bits per heavy atom. The monoisotopic (exact) mass is 498 g/mol.